The van der Waals surface area contributed by atoms with Crippen LogP contribution in [0, 0.1) is 0 Å². The van der Waals surface area contributed by atoms with Crippen LogP contribution in [0.1, 0.15) is 20.8 Å². The number of hydrogen-bond donors (Lipinski definition) is 2. The molecule has 0 aromatic carbocycles. The molecule has 0 aromatic heterocycles. The van der Waals surface area contributed by atoms with E-state index in [0.717, 1.165) is 0 Å². The van der Waals surface area contributed by atoms with Crippen LogP contribution in [-0.2, 0) is 9.53 Å². The molecule has 0 aliphatic rings. The Labute approximate surface area is 65.8 Å². The maximum absolute atomic E-state index is 10.1. The molecule has 0 amide bonds. The van der Waals surface area contributed by atoms with E-state index >= 15 is 0 Å². The van der Waals surface area contributed by atoms with Gasteiger partial charge in [0, 0.05) is 0 Å². The lowest BCUT2D eigenvalue weighted by atomic mass is 10.2. The predicted molar refractivity (Wildman–Crippen MR) is 39.3 cm³/mol. The molecule has 11 heavy (non-hydrogen) atoms. The van der Waals surface area contributed by atoms with Crippen LogP contribution in [0.15, 0.2) is 0 Å². The van der Waals surface area contributed by atoms with Crippen molar-refractivity contribution >= 4 is 5.97 Å². The molecule has 1 atom stereocenters. The van der Waals surface area contributed by atoms with E-state index in [9.17, 15) is 4.79 Å². The summed E-state index contributed by atoms with van der Waals surface area (Å²) in [6.07, 6.45) is -1.42. The molecule has 0 spiro atoms. The normalized spacial score (nSPS) is 14.5. The first-order valence-electron chi connectivity index (χ1n) is 3.38. The highest BCUT2D eigenvalue weighted by atomic mass is 16.5. The Hall–Kier alpha value is -0.610. The van der Waals surface area contributed by atoms with Gasteiger partial charge in [0.2, 0.25) is 0 Å². The third kappa shape index (κ3) is 5.82. The number of ether oxygens (including phenoxy) is 1. The van der Waals surface area contributed by atoms with Crippen molar-refractivity contribution in [3.05, 3.63) is 0 Å². The maximum Gasteiger partial charge on any atom is 0.334 e. The van der Waals surface area contributed by atoms with E-state index in [4.69, 9.17) is 14.9 Å². The zero-order chi connectivity index (χ0) is 9.07. The third-order valence-corrected chi connectivity index (χ3v) is 0.959. The molecule has 0 fully saturated rings. The van der Waals surface area contributed by atoms with Gasteiger partial charge in [0.1, 0.15) is 0 Å². The molecule has 4 heteroatoms. The Balaban J connectivity index is 3.63. The Bertz CT molecular complexity index is 136. The number of aliphatic hydroxyl groups is 1. The van der Waals surface area contributed by atoms with Gasteiger partial charge in [0.15, 0.2) is 6.10 Å². The standard InChI is InChI=1S/C7H14O4/c1-7(2,3)11-4-5(8)6(9)10/h5,8H,4H2,1-3H3,(H,9,10). The SMILES string of the molecule is CC(C)(C)OCC(O)C(=O)O. The molecule has 0 heterocycles. The summed E-state index contributed by atoms with van der Waals surface area (Å²) in [7, 11) is 0. The summed E-state index contributed by atoms with van der Waals surface area (Å²) >= 11 is 0. The summed E-state index contributed by atoms with van der Waals surface area (Å²) < 4.78 is 5.02. The number of carboxylic acid groups (broad SMARTS) is 1. The van der Waals surface area contributed by atoms with Crippen LogP contribution >= 0.6 is 0 Å². The molecular formula is C7H14O4. The van der Waals surface area contributed by atoms with Crippen LogP contribution in [0.3, 0.4) is 0 Å². The molecule has 0 bridgehead atoms. The number of rotatable bonds is 3. The van der Waals surface area contributed by atoms with Crippen molar-refractivity contribution < 1.29 is 19.7 Å². The molecule has 2 N–H and O–H groups in total. The van der Waals surface area contributed by atoms with Crippen LogP contribution in [0.2, 0.25) is 0 Å². The molecule has 0 saturated heterocycles. The minimum absolute atomic E-state index is 0.168. The molecule has 4 nitrogen and oxygen atoms in total. The van der Waals surface area contributed by atoms with E-state index in [1.54, 1.807) is 20.8 Å². The summed E-state index contributed by atoms with van der Waals surface area (Å²) in [5.41, 5.74) is -0.406. The van der Waals surface area contributed by atoms with Gasteiger partial charge in [0.25, 0.3) is 0 Å². The topological polar surface area (TPSA) is 66.8 Å². The van der Waals surface area contributed by atoms with Crippen molar-refractivity contribution in [3.8, 4) is 0 Å². The van der Waals surface area contributed by atoms with E-state index < -0.39 is 17.7 Å². The van der Waals surface area contributed by atoms with Crippen molar-refractivity contribution in [3.63, 3.8) is 0 Å². The molecule has 1 unspecified atom stereocenters. The van der Waals surface area contributed by atoms with Gasteiger partial charge in [-0.2, -0.15) is 0 Å². The summed E-state index contributed by atoms with van der Waals surface area (Å²) in [4.78, 5) is 10.1. The first-order chi connectivity index (χ1) is 4.83. The third-order valence-electron chi connectivity index (χ3n) is 0.959. The Morgan fingerprint density at radius 2 is 2.00 bits per heavy atom. The van der Waals surface area contributed by atoms with Gasteiger partial charge < -0.3 is 14.9 Å². The number of hydrogen-bond acceptors (Lipinski definition) is 3. The fraction of sp³-hybridized carbons (Fsp3) is 0.857. The van der Waals surface area contributed by atoms with Gasteiger partial charge in [-0.15, -0.1) is 0 Å². The number of carboxylic acids is 1. The van der Waals surface area contributed by atoms with Crippen LogP contribution < -0.4 is 0 Å². The average molecular weight is 162 g/mol. The molecule has 0 radical (unpaired) electrons. The Morgan fingerprint density at radius 1 is 1.55 bits per heavy atom. The second-order valence-electron chi connectivity index (χ2n) is 3.28. The lowest BCUT2D eigenvalue weighted by Gasteiger charge is -2.20. The minimum atomic E-state index is -1.42. The highest BCUT2D eigenvalue weighted by molar-refractivity contribution is 5.71. The molecular weight excluding hydrogens is 148 g/mol. The van der Waals surface area contributed by atoms with E-state index in [1.165, 1.54) is 0 Å². The van der Waals surface area contributed by atoms with Gasteiger partial charge in [-0.05, 0) is 20.8 Å². The molecule has 0 aliphatic heterocycles. The second-order valence-corrected chi connectivity index (χ2v) is 3.28. The van der Waals surface area contributed by atoms with Gasteiger partial charge in [-0.3, -0.25) is 0 Å². The lowest BCUT2D eigenvalue weighted by molar-refractivity contribution is -0.152. The van der Waals surface area contributed by atoms with Gasteiger partial charge >= 0.3 is 5.97 Å². The minimum Gasteiger partial charge on any atom is -0.479 e. The first kappa shape index (κ1) is 10.4. The Kier molecular flexibility index (Phi) is 3.48. The van der Waals surface area contributed by atoms with Crippen LogP contribution in [0.5, 0.6) is 0 Å². The van der Waals surface area contributed by atoms with E-state index in [-0.39, 0.29) is 6.61 Å². The monoisotopic (exact) mass is 162 g/mol. The zero-order valence-corrected chi connectivity index (χ0v) is 7.00. The van der Waals surface area contributed by atoms with Crippen LogP contribution in [0.25, 0.3) is 0 Å². The predicted octanol–water partition coefficient (Wildman–Crippen LogP) is 0.247. The summed E-state index contributed by atoms with van der Waals surface area (Å²) in [5.74, 6) is -1.26. The van der Waals surface area contributed by atoms with E-state index in [0.29, 0.717) is 0 Å². The molecule has 0 aliphatic carbocycles. The van der Waals surface area contributed by atoms with Crippen molar-refractivity contribution in [2.45, 2.75) is 32.5 Å². The summed E-state index contributed by atoms with van der Waals surface area (Å²) in [6, 6.07) is 0. The van der Waals surface area contributed by atoms with Gasteiger partial charge in [-0.25, -0.2) is 4.79 Å². The summed E-state index contributed by atoms with van der Waals surface area (Å²) in [5, 5.41) is 17.0. The lowest BCUT2D eigenvalue weighted by Crippen LogP contribution is -2.31. The van der Waals surface area contributed by atoms with Gasteiger partial charge in [-0.1, -0.05) is 0 Å². The highest BCUT2D eigenvalue weighted by Gasteiger charge is 2.17. The second kappa shape index (κ2) is 3.69. The van der Waals surface area contributed by atoms with Crippen molar-refractivity contribution in [1.82, 2.24) is 0 Å². The zero-order valence-electron chi connectivity index (χ0n) is 7.00. The first-order valence-corrected chi connectivity index (χ1v) is 3.38. The van der Waals surface area contributed by atoms with E-state index in [2.05, 4.69) is 0 Å². The molecule has 0 rings (SSSR count). The number of aliphatic hydroxyl groups excluding tert-OH is 1. The molecule has 0 saturated carbocycles. The van der Waals surface area contributed by atoms with E-state index in [1.807, 2.05) is 0 Å². The number of carbonyl (C=O) groups is 1. The number of aliphatic carboxylic acids is 1. The highest BCUT2D eigenvalue weighted by Crippen LogP contribution is 2.06. The summed E-state index contributed by atoms with van der Waals surface area (Å²) in [6.45, 7) is 5.21. The fourth-order valence-electron chi connectivity index (χ4n) is 0.400. The molecule has 66 valence electrons. The molecule has 0 aromatic rings. The van der Waals surface area contributed by atoms with Crippen molar-refractivity contribution in [1.29, 1.82) is 0 Å². The smallest absolute Gasteiger partial charge is 0.334 e. The maximum atomic E-state index is 10.1. The fourth-order valence-corrected chi connectivity index (χ4v) is 0.400. The van der Waals surface area contributed by atoms with Crippen LogP contribution in [0.4, 0.5) is 0 Å². The van der Waals surface area contributed by atoms with Crippen molar-refractivity contribution in [2.24, 2.45) is 0 Å². The average Bonchev–Trinajstić information content (AvgIpc) is 1.80. The van der Waals surface area contributed by atoms with Crippen LogP contribution in [-0.4, -0.2) is 34.5 Å². The Morgan fingerprint density at radius 3 is 2.27 bits per heavy atom. The largest absolute Gasteiger partial charge is 0.479 e. The quantitative estimate of drug-likeness (QED) is 0.624. The van der Waals surface area contributed by atoms with Crippen molar-refractivity contribution in [2.75, 3.05) is 6.61 Å². The van der Waals surface area contributed by atoms with Gasteiger partial charge in [0.05, 0.1) is 12.2 Å².